The first-order valence-electron chi connectivity index (χ1n) is 23.9. The number of methoxy groups -OCH3 is 2. The molecule has 1 aromatic rings. The molecule has 0 bridgehead atoms. The van der Waals surface area contributed by atoms with Gasteiger partial charge < -0.3 is 39.9 Å². The van der Waals surface area contributed by atoms with Crippen LogP contribution < -0.4 is 10.6 Å². The Hall–Kier alpha value is -4.06. The molecule has 11 atom stereocenters. The quantitative estimate of drug-likeness (QED) is 0.0588. The van der Waals surface area contributed by atoms with Crippen LogP contribution in [0.15, 0.2) is 30.3 Å². The van der Waals surface area contributed by atoms with Gasteiger partial charge in [0.05, 0.1) is 54.0 Å². The zero-order valence-electron chi connectivity index (χ0n) is 41.5. The maximum Gasteiger partial charge on any atom is 0.245 e. The molecule has 16 nitrogen and oxygen atoms in total. The predicted molar refractivity (Wildman–Crippen MR) is 256 cm³/mol. The van der Waals surface area contributed by atoms with Crippen molar-refractivity contribution in [2.45, 2.75) is 167 Å². The van der Waals surface area contributed by atoms with Crippen LogP contribution in [0.1, 0.15) is 125 Å². The van der Waals surface area contributed by atoms with E-state index < -0.39 is 65.6 Å². The van der Waals surface area contributed by atoms with Gasteiger partial charge in [-0.25, -0.2) is 0 Å². The van der Waals surface area contributed by atoms with Gasteiger partial charge in [0.25, 0.3) is 0 Å². The average Bonchev–Trinajstić information content (AvgIpc) is 3.86. The van der Waals surface area contributed by atoms with Gasteiger partial charge in [-0.15, -0.1) is 0 Å². The van der Waals surface area contributed by atoms with Crippen LogP contribution in [0.2, 0.25) is 0 Å². The number of carbonyl (C=O) groups excluding carboxylic acids is 7. The van der Waals surface area contributed by atoms with E-state index in [1.165, 1.54) is 24.0 Å². The summed E-state index contributed by atoms with van der Waals surface area (Å²) >= 11 is 4.17. The van der Waals surface area contributed by atoms with Crippen molar-refractivity contribution < 1.29 is 48.1 Å². The molecule has 2 saturated heterocycles. The number of rotatable bonds is 26. The minimum absolute atomic E-state index is 0.0391. The van der Waals surface area contributed by atoms with Gasteiger partial charge in [0.2, 0.25) is 41.4 Å². The molecule has 0 radical (unpaired) electrons. The number of likely N-dealkylation sites (N-methyl/N-ethyl adjacent to an activating group) is 2. The van der Waals surface area contributed by atoms with Crippen LogP contribution in [-0.4, -0.2) is 155 Å². The van der Waals surface area contributed by atoms with Gasteiger partial charge in [-0.1, -0.05) is 91.6 Å². The molecular formula is C49H80N6O10S. The highest BCUT2D eigenvalue weighted by atomic mass is 32.1. The number of amides is 7. The topological polar surface area (TPSA) is 195 Å². The minimum Gasteiger partial charge on any atom is -0.386 e. The van der Waals surface area contributed by atoms with E-state index in [9.17, 15) is 38.7 Å². The van der Waals surface area contributed by atoms with Crippen LogP contribution >= 0.6 is 12.6 Å². The SMILES string of the molecule is CC[C@H](C)[C@@H]([C@@H](CC(=O)N1CCC[C@H]1[C@H](OC)[C@@H](C)C(=O)NC(C)[C@@H](O)c1ccccc1)OC)N(C)C(=O)[C@@H](NC(=O)[C@H](C(C)C)N(C)C(=O)CCCCCN1C(=O)CC(S)C1=O)C(C)C. The van der Waals surface area contributed by atoms with E-state index in [-0.39, 0.29) is 79.0 Å². The minimum atomic E-state index is -0.950. The Morgan fingerprint density at radius 1 is 0.879 bits per heavy atom. The predicted octanol–water partition coefficient (Wildman–Crippen LogP) is 4.39. The van der Waals surface area contributed by atoms with Gasteiger partial charge in [0.15, 0.2) is 0 Å². The lowest BCUT2D eigenvalue weighted by Gasteiger charge is -2.41. The highest BCUT2D eigenvalue weighted by Gasteiger charge is 2.44. The number of likely N-dealkylation sites (tertiary alicyclic amines) is 2. The van der Waals surface area contributed by atoms with Crippen molar-refractivity contribution in [3.63, 3.8) is 0 Å². The van der Waals surface area contributed by atoms with Gasteiger partial charge in [-0.05, 0) is 55.9 Å². The molecule has 3 rings (SSSR count). The van der Waals surface area contributed by atoms with E-state index in [2.05, 4.69) is 23.3 Å². The molecule has 1 aromatic carbocycles. The number of aliphatic hydroxyl groups excluding tert-OH is 1. The van der Waals surface area contributed by atoms with Crippen molar-refractivity contribution >= 4 is 54.0 Å². The second-order valence-electron chi connectivity index (χ2n) is 19.1. The van der Waals surface area contributed by atoms with Crippen molar-refractivity contribution in [3.8, 4) is 0 Å². The molecule has 17 heteroatoms. The Kier molecular flexibility index (Phi) is 22.6. The molecule has 2 heterocycles. The van der Waals surface area contributed by atoms with Crippen LogP contribution in [0, 0.1) is 23.7 Å². The molecule has 7 amide bonds. The molecule has 0 saturated carbocycles. The third kappa shape index (κ3) is 14.5. The molecule has 3 N–H and O–H groups in total. The molecule has 66 heavy (non-hydrogen) atoms. The first-order valence-corrected chi connectivity index (χ1v) is 24.4. The number of carbonyl (C=O) groups is 7. The van der Waals surface area contributed by atoms with E-state index in [1.54, 1.807) is 49.9 Å². The van der Waals surface area contributed by atoms with Crippen LogP contribution in [0.3, 0.4) is 0 Å². The Bertz CT molecular complexity index is 1790. The maximum absolute atomic E-state index is 14.6. The van der Waals surface area contributed by atoms with Gasteiger partial charge >= 0.3 is 0 Å². The average molecular weight is 945 g/mol. The number of hydrogen-bond acceptors (Lipinski definition) is 11. The molecule has 2 unspecified atom stereocenters. The molecule has 2 aliphatic heterocycles. The van der Waals surface area contributed by atoms with Gasteiger partial charge in [0.1, 0.15) is 12.1 Å². The molecule has 0 aliphatic carbocycles. The zero-order chi connectivity index (χ0) is 49.6. The van der Waals surface area contributed by atoms with E-state index in [1.807, 2.05) is 59.7 Å². The van der Waals surface area contributed by atoms with Crippen LogP contribution in [0.4, 0.5) is 0 Å². The van der Waals surface area contributed by atoms with E-state index in [0.29, 0.717) is 44.2 Å². The highest BCUT2D eigenvalue weighted by molar-refractivity contribution is 7.81. The summed E-state index contributed by atoms with van der Waals surface area (Å²) in [6.07, 6.45) is 1.68. The number of imide groups is 1. The number of unbranched alkanes of at least 4 members (excludes halogenated alkanes) is 2. The number of hydrogen-bond donors (Lipinski definition) is 4. The van der Waals surface area contributed by atoms with Crippen molar-refractivity contribution in [1.29, 1.82) is 0 Å². The maximum atomic E-state index is 14.6. The summed E-state index contributed by atoms with van der Waals surface area (Å²) in [5.74, 6) is -3.41. The first-order chi connectivity index (χ1) is 31.1. The second-order valence-corrected chi connectivity index (χ2v) is 19.7. The molecule has 0 spiro atoms. The number of ether oxygens (including phenoxy) is 2. The standard InChI is InChI=1S/C49H80N6O10S/c1-13-31(6)43(36(64-11)27-39(57)54-26-20-23-35(54)45(65-12)32(7)46(60)50-33(8)44(59)34-21-16-14-17-22-34)53(10)49(63)41(29(2)3)51-47(61)42(30(4)5)52(9)38(56)24-18-15-19-25-55-40(58)28-37(66)48(55)62/h14,16-17,21-22,29-33,35-37,41-45,59,66H,13,15,18-20,23-28H2,1-12H3,(H,50,60)(H,51,61)/t31-,32+,33?,35-,36+,37?,41-,42-,43-,44+,45+/m0/s1. The summed E-state index contributed by atoms with van der Waals surface area (Å²) in [4.78, 5) is 100. The lowest BCUT2D eigenvalue weighted by Crippen LogP contribution is -2.60. The molecule has 2 fully saturated rings. The summed E-state index contributed by atoms with van der Waals surface area (Å²) < 4.78 is 12.0. The van der Waals surface area contributed by atoms with E-state index in [4.69, 9.17) is 9.47 Å². The lowest BCUT2D eigenvalue weighted by atomic mass is 9.89. The van der Waals surface area contributed by atoms with Crippen molar-refractivity contribution in [1.82, 2.24) is 30.2 Å². The van der Waals surface area contributed by atoms with Crippen molar-refractivity contribution in [2.75, 3.05) is 41.4 Å². The van der Waals surface area contributed by atoms with Crippen LogP contribution in [-0.2, 0) is 43.0 Å². The Balaban J connectivity index is 1.70. The fraction of sp³-hybridized carbons (Fsp3) is 0.735. The molecule has 372 valence electrons. The number of thiol groups is 1. The monoisotopic (exact) mass is 945 g/mol. The summed E-state index contributed by atoms with van der Waals surface area (Å²) in [6, 6.07) is 5.79. The summed E-state index contributed by atoms with van der Waals surface area (Å²) in [6.45, 7) is 15.7. The fourth-order valence-corrected chi connectivity index (χ4v) is 9.83. The molecule has 0 aromatic heterocycles. The number of nitrogens with zero attached hydrogens (tertiary/aromatic N) is 4. The van der Waals surface area contributed by atoms with Crippen molar-refractivity contribution in [3.05, 3.63) is 35.9 Å². The summed E-state index contributed by atoms with van der Waals surface area (Å²) in [5.41, 5.74) is 0.688. The third-order valence-corrected chi connectivity index (χ3v) is 14.1. The lowest BCUT2D eigenvalue weighted by molar-refractivity contribution is -0.148. The Labute approximate surface area is 399 Å². The smallest absolute Gasteiger partial charge is 0.245 e. The largest absolute Gasteiger partial charge is 0.386 e. The number of benzene rings is 1. The summed E-state index contributed by atoms with van der Waals surface area (Å²) in [5, 5.41) is 16.2. The van der Waals surface area contributed by atoms with E-state index in [0.717, 1.165) is 6.42 Å². The Morgan fingerprint density at radius 3 is 2.08 bits per heavy atom. The first kappa shape index (κ1) is 56.3. The fourth-order valence-electron chi connectivity index (χ4n) is 9.53. The van der Waals surface area contributed by atoms with Gasteiger partial charge in [-0.2, -0.15) is 12.6 Å². The van der Waals surface area contributed by atoms with Gasteiger partial charge in [0, 0.05) is 54.2 Å². The van der Waals surface area contributed by atoms with E-state index >= 15 is 0 Å². The zero-order valence-corrected chi connectivity index (χ0v) is 42.4. The molecular weight excluding hydrogens is 865 g/mol. The Morgan fingerprint density at radius 2 is 1.53 bits per heavy atom. The highest BCUT2D eigenvalue weighted by Crippen LogP contribution is 2.30. The van der Waals surface area contributed by atoms with Crippen molar-refractivity contribution in [2.24, 2.45) is 23.7 Å². The second kappa shape index (κ2) is 26.5. The number of nitrogens with one attached hydrogen (secondary N) is 2. The number of aliphatic hydroxyl groups is 1. The third-order valence-electron chi connectivity index (χ3n) is 13.7. The summed E-state index contributed by atoms with van der Waals surface area (Å²) in [7, 11) is 6.32. The molecule has 2 aliphatic rings. The normalized spacial score (nSPS) is 20.6. The van der Waals surface area contributed by atoms with Crippen LogP contribution in [0.5, 0.6) is 0 Å². The van der Waals surface area contributed by atoms with Crippen LogP contribution in [0.25, 0.3) is 0 Å². The van der Waals surface area contributed by atoms with Gasteiger partial charge in [-0.3, -0.25) is 38.5 Å².